The molecular formula is C29H20ClN7O11S3. The van der Waals surface area contributed by atoms with Crippen LogP contribution in [0.3, 0.4) is 0 Å². The Hall–Kier alpha value is -4.59. The molecule has 0 bridgehead atoms. The van der Waals surface area contributed by atoms with Crippen LogP contribution in [0, 0.1) is 0 Å². The number of para-hydroxylation sites is 1. The molecule has 4 aromatic carbocycles. The van der Waals surface area contributed by atoms with E-state index < -0.39 is 11.6 Å². The normalized spacial score (nSPS) is 12.0. The van der Waals surface area contributed by atoms with Crippen molar-refractivity contribution in [3.05, 3.63) is 100 Å². The van der Waals surface area contributed by atoms with Crippen molar-refractivity contribution >= 4 is 99.6 Å². The van der Waals surface area contributed by atoms with E-state index in [1.807, 2.05) is 0 Å². The van der Waals surface area contributed by atoms with E-state index in [4.69, 9.17) is 37.4 Å². The van der Waals surface area contributed by atoms with Gasteiger partial charge in [0.15, 0.2) is 11.6 Å². The van der Waals surface area contributed by atoms with Crippen LogP contribution in [0.15, 0.2) is 87.5 Å². The van der Waals surface area contributed by atoms with Crippen LogP contribution in [0.25, 0.3) is 0 Å². The van der Waals surface area contributed by atoms with Gasteiger partial charge in [-0.25, -0.2) is 15.8 Å². The molecule has 22 heteroatoms. The first-order valence-corrected chi connectivity index (χ1v) is 16.5. The number of hydrogen-bond donors (Lipinski definition) is 7. The number of fused-ring (bicyclic) bond motifs is 2. The average Bonchev–Trinajstić information content (AvgIpc) is 3.13. The maximum atomic E-state index is 13.8. The summed E-state index contributed by atoms with van der Waals surface area (Å²) < 4.78 is 13.8. The molecule has 0 saturated heterocycles. The minimum Gasteiger partial charge on any atom is -0.397 e. The minimum atomic E-state index is -0.489. The highest BCUT2D eigenvalue weighted by Gasteiger charge is 2.35. The number of halogens is 1. The molecular weight excluding hydrogens is 754 g/mol. The number of ketones is 2. The van der Waals surface area contributed by atoms with Gasteiger partial charge in [0.05, 0.1) is 84.7 Å². The van der Waals surface area contributed by atoms with Crippen LogP contribution in [-0.2, 0) is 28.1 Å². The van der Waals surface area contributed by atoms with E-state index in [9.17, 15) is 9.59 Å². The van der Waals surface area contributed by atoms with Gasteiger partial charge in [-0.05, 0) is 48.0 Å². The van der Waals surface area contributed by atoms with E-state index in [1.165, 1.54) is 18.2 Å². The van der Waals surface area contributed by atoms with Gasteiger partial charge in [-0.3, -0.25) is 9.59 Å². The number of nitrogens with one attached hydrogen (secondary N) is 3. The number of rotatable bonds is 15. The Morgan fingerprint density at radius 1 is 0.608 bits per heavy atom. The molecule has 0 saturated carbocycles. The molecule has 1 aliphatic carbocycles. The zero-order chi connectivity index (χ0) is 35.9. The van der Waals surface area contributed by atoms with Crippen LogP contribution < -0.4 is 21.7 Å². The largest absolute Gasteiger partial charge is 0.397 e. The smallest absolute Gasteiger partial charge is 0.233 e. The summed E-state index contributed by atoms with van der Waals surface area (Å²) in [4.78, 5) is 40.9. The van der Waals surface area contributed by atoms with Crippen LogP contribution in [0.1, 0.15) is 31.8 Å². The third-order valence-electron chi connectivity index (χ3n) is 6.91. The molecule has 1 heterocycles. The maximum Gasteiger partial charge on any atom is 0.233 e. The first kappa shape index (κ1) is 36.2. The number of nitrogen functional groups attached to an aromatic ring is 1. The molecule has 0 unspecified atom stereocenters. The highest BCUT2D eigenvalue weighted by molar-refractivity contribution is 7.95. The van der Waals surface area contributed by atoms with Gasteiger partial charge in [0.25, 0.3) is 0 Å². The van der Waals surface area contributed by atoms with Crippen LogP contribution in [0.2, 0.25) is 5.28 Å². The topological polar surface area (TPSA) is 251 Å². The first-order chi connectivity index (χ1) is 24.8. The van der Waals surface area contributed by atoms with Gasteiger partial charge in [0.1, 0.15) is 0 Å². The number of carbonyl (C=O) groups excluding carboxylic acids is 2. The Morgan fingerprint density at radius 2 is 1.16 bits per heavy atom. The fourth-order valence-electron chi connectivity index (χ4n) is 4.89. The Labute approximate surface area is 303 Å². The zero-order valence-corrected chi connectivity index (χ0v) is 28.3. The molecule has 0 radical (unpaired) electrons. The van der Waals surface area contributed by atoms with Crippen LogP contribution in [0.5, 0.6) is 0 Å². The quantitative estimate of drug-likeness (QED) is 0.0232. The standard InChI is InChI=1S/C29H20ClN7O11S3/c30-27-35-28(33-16-7-3-4-8-19(16)49-46-43-40)37-29(36-27)34-17-10-9-13(11-20(17)50-47-44-41)32-18-12-21(51-48-45-42)24(31)23-22(18)25(38)14-5-1-2-6-15(14)26(23)39/h1-12,32,40-42H,31H2,(H2,33,34,35,36,37). The van der Waals surface area contributed by atoms with E-state index in [-0.39, 0.29) is 55.7 Å². The fourth-order valence-corrected chi connectivity index (χ4v) is 6.45. The molecule has 0 aliphatic heterocycles. The Balaban J connectivity index is 1.33. The molecule has 0 atom stereocenters. The van der Waals surface area contributed by atoms with E-state index in [1.54, 1.807) is 54.6 Å². The minimum absolute atomic E-state index is 0.00630. The predicted octanol–water partition coefficient (Wildman–Crippen LogP) is 7.40. The van der Waals surface area contributed by atoms with Gasteiger partial charge in [-0.15, -0.1) is 13.0 Å². The molecule has 1 aromatic heterocycles. The predicted molar refractivity (Wildman–Crippen MR) is 184 cm³/mol. The second-order valence-corrected chi connectivity index (χ2v) is 12.4. The Morgan fingerprint density at radius 3 is 1.80 bits per heavy atom. The molecule has 6 rings (SSSR count). The van der Waals surface area contributed by atoms with Gasteiger partial charge in [-0.2, -0.15) is 15.0 Å². The highest BCUT2D eigenvalue weighted by Crippen LogP contribution is 2.43. The lowest BCUT2D eigenvalue weighted by molar-refractivity contribution is -0.432. The number of benzene rings is 4. The molecule has 5 aromatic rings. The highest BCUT2D eigenvalue weighted by atomic mass is 35.5. The van der Waals surface area contributed by atoms with E-state index in [0.717, 1.165) is 12.0 Å². The van der Waals surface area contributed by atoms with Crippen molar-refractivity contribution in [3.8, 4) is 0 Å². The molecule has 262 valence electrons. The van der Waals surface area contributed by atoms with Crippen LogP contribution in [0.4, 0.5) is 40.3 Å². The first-order valence-electron chi connectivity index (χ1n) is 13.9. The molecule has 0 amide bonds. The molecule has 0 fully saturated rings. The Bertz CT molecular complexity index is 2120. The lowest BCUT2D eigenvalue weighted by atomic mass is 9.82. The second kappa shape index (κ2) is 16.6. The second-order valence-electron chi connectivity index (χ2n) is 9.80. The van der Waals surface area contributed by atoms with E-state index in [2.05, 4.69) is 54.7 Å². The zero-order valence-electron chi connectivity index (χ0n) is 25.1. The summed E-state index contributed by atoms with van der Waals surface area (Å²) in [5.74, 6) is -0.914. The summed E-state index contributed by atoms with van der Waals surface area (Å²) in [6, 6.07) is 19.4. The summed E-state index contributed by atoms with van der Waals surface area (Å²) in [5.41, 5.74) is 7.93. The molecule has 8 N–H and O–H groups in total. The van der Waals surface area contributed by atoms with Crippen LogP contribution in [-0.4, -0.2) is 42.3 Å². The monoisotopic (exact) mass is 773 g/mol. The van der Waals surface area contributed by atoms with Crippen molar-refractivity contribution in [3.63, 3.8) is 0 Å². The van der Waals surface area contributed by atoms with Crippen molar-refractivity contribution in [2.45, 2.75) is 14.7 Å². The SMILES string of the molecule is Nc1c(SOOO)cc(Nc2ccc(Nc3nc(Cl)nc(Nc4ccccc4SOOO)n3)c(SOOO)c2)c2c1C(=O)c1ccccc1C2=O. The van der Waals surface area contributed by atoms with Gasteiger partial charge >= 0.3 is 0 Å². The summed E-state index contributed by atoms with van der Waals surface area (Å²) in [6.45, 7) is 0. The van der Waals surface area contributed by atoms with Gasteiger partial charge in [-0.1, -0.05) is 51.5 Å². The third kappa shape index (κ3) is 8.16. The molecule has 0 spiro atoms. The third-order valence-corrected chi connectivity index (χ3v) is 9.04. The van der Waals surface area contributed by atoms with Gasteiger partial charge < -0.3 is 21.7 Å². The number of anilines is 7. The number of aromatic nitrogens is 3. The summed E-state index contributed by atoms with van der Waals surface area (Å²) in [5, 5.41) is 46.3. The van der Waals surface area contributed by atoms with Crippen molar-refractivity contribution < 1.29 is 53.5 Å². The van der Waals surface area contributed by atoms with Crippen LogP contribution >= 0.6 is 47.7 Å². The molecule has 18 nitrogen and oxygen atoms in total. The summed E-state index contributed by atoms with van der Waals surface area (Å²) in [7, 11) is 0. The Kier molecular flexibility index (Phi) is 11.8. The average molecular weight is 774 g/mol. The number of nitrogens with two attached hydrogens (primary N) is 1. The summed E-state index contributed by atoms with van der Waals surface area (Å²) in [6.07, 6.45) is 0. The summed E-state index contributed by atoms with van der Waals surface area (Å²) >= 11 is 8.04. The van der Waals surface area contributed by atoms with Crippen molar-refractivity contribution in [1.82, 2.24) is 15.0 Å². The number of hydrogen-bond acceptors (Lipinski definition) is 21. The van der Waals surface area contributed by atoms with Gasteiger partial charge in [0, 0.05) is 16.8 Å². The van der Waals surface area contributed by atoms with Gasteiger partial charge in [0.2, 0.25) is 17.2 Å². The molecule has 51 heavy (non-hydrogen) atoms. The van der Waals surface area contributed by atoms with Crippen molar-refractivity contribution in [2.24, 2.45) is 0 Å². The lowest BCUT2D eigenvalue weighted by Crippen LogP contribution is -2.24. The maximum absolute atomic E-state index is 13.8. The van der Waals surface area contributed by atoms with E-state index in [0.29, 0.717) is 50.9 Å². The van der Waals surface area contributed by atoms with E-state index >= 15 is 0 Å². The number of nitrogens with zero attached hydrogens (tertiary/aromatic N) is 3. The lowest BCUT2D eigenvalue weighted by Gasteiger charge is -2.24. The van der Waals surface area contributed by atoms with Crippen molar-refractivity contribution in [1.29, 1.82) is 0 Å². The van der Waals surface area contributed by atoms with Crippen molar-refractivity contribution in [2.75, 3.05) is 21.7 Å². The number of carbonyl (C=O) groups is 2. The molecule has 1 aliphatic rings. The fraction of sp³-hybridized carbons (Fsp3) is 0.